The molecule has 0 unspecified atom stereocenters. The van der Waals surface area contributed by atoms with E-state index in [1.54, 1.807) is 13.8 Å². The summed E-state index contributed by atoms with van der Waals surface area (Å²) in [5.74, 6) is -3.53. The Morgan fingerprint density at radius 2 is 1.79 bits per heavy atom. The number of aryl methyl sites for hydroxylation is 1. The van der Waals surface area contributed by atoms with Crippen molar-refractivity contribution in [3.8, 4) is 0 Å². The van der Waals surface area contributed by atoms with Gasteiger partial charge >= 0.3 is 11.9 Å². The quantitative estimate of drug-likeness (QED) is 0.575. The molecular formula is C23H27NO5. The van der Waals surface area contributed by atoms with Crippen LogP contribution in [-0.2, 0) is 23.9 Å². The van der Waals surface area contributed by atoms with E-state index < -0.39 is 29.7 Å². The van der Waals surface area contributed by atoms with Crippen molar-refractivity contribution in [2.24, 2.45) is 22.7 Å². The molecule has 0 bridgehead atoms. The molecule has 1 saturated carbocycles. The van der Waals surface area contributed by atoms with Crippen LogP contribution in [0.3, 0.4) is 0 Å². The fraction of sp³-hybridized carbons (Fsp3) is 0.478. The van der Waals surface area contributed by atoms with Crippen molar-refractivity contribution in [1.82, 2.24) is 0 Å². The van der Waals surface area contributed by atoms with Crippen LogP contribution in [0.1, 0.15) is 44.2 Å². The Balaban J connectivity index is 2.17. The molecule has 1 aromatic rings. The summed E-state index contributed by atoms with van der Waals surface area (Å²) in [5, 5.41) is 0. The predicted molar refractivity (Wildman–Crippen MR) is 108 cm³/mol. The number of rotatable bonds is 4. The first-order valence-electron chi connectivity index (χ1n) is 9.93. The lowest BCUT2D eigenvalue weighted by atomic mass is 9.63. The molecule has 1 aliphatic carbocycles. The van der Waals surface area contributed by atoms with Gasteiger partial charge in [0.25, 0.3) is 0 Å². The largest absolute Gasteiger partial charge is 0.468 e. The van der Waals surface area contributed by atoms with E-state index in [4.69, 9.17) is 9.47 Å². The third kappa shape index (κ3) is 3.76. The summed E-state index contributed by atoms with van der Waals surface area (Å²) in [7, 11) is 1.29. The lowest BCUT2D eigenvalue weighted by Crippen LogP contribution is -2.48. The lowest BCUT2D eigenvalue weighted by Gasteiger charge is -2.40. The summed E-state index contributed by atoms with van der Waals surface area (Å²) in [6, 6.07) is 7.75. The van der Waals surface area contributed by atoms with E-state index in [-0.39, 0.29) is 18.3 Å². The zero-order chi connectivity index (χ0) is 21.3. The van der Waals surface area contributed by atoms with Gasteiger partial charge in [-0.1, -0.05) is 36.8 Å². The van der Waals surface area contributed by atoms with Crippen LogP contribution in [0.25, 0.3) is 0 Å². The van der Waals surface area contributed by atoms with E-state index in [0.717, 1.165) is 16.8 Å². The van der Waals surface area contributed by atoms with Crippen molar-refractivity contribution in [2.75, 3.05) is 13.7 Å². The molecule has 0 amide bonds. The topological polar surface area (TPSA) is 82.0 Å². The van der Waals surface area contributed by atoms with Crippen LogP contribution in [-0.4, -0.2) is 37.2 Å². The number of hydrogen-bond donors (Lipinski definition) is 0. The molecule has 6 heteroatoms. The number of ether oxygens (including phenoxy) is 2. The number of methoxy groups -OCH3 is 1. The van der Waals surface area contributed by atoms with E-state index in [9.17, 15) is 14.4 Å². The average Bonchev–Trinajstić information content (AvgIpc) is 2.67. The van der Waals surface area contributed by atoms with Crippen molar-refractivity contribution in [2.45, 2.75) is 40.0 Å². The molecule has 0 radical (unpaired) electrons. The molecule has 0 N–H and O–H groups in total. The van der Waals surface area contributed by atoms with Gasteiger partial charge in [-0.25, -0.2) is 4.79 Å². The van der Waals surface area contributed by atoms with Gasteiger partial charge in [-0.3, -0.25) is 14.6 Å². The van der Waals surface area contributed by atoms with Gasteiger partial charge in [-0.15, -0.1) is 0 Å². The Morgan fingerprint density at radius 3 is 2.38 bits per heavy atom. The molecule has 0 aromatic heterocycles. The maximum absolute atomic E-state index is 13.5. The van der Waals surface area contributed by atoms with Crippen LogP contribution in [0.4, 0.5) is 0 Å². The molecule has 2 aliphatic rings. The van der Waals surface area contributed by atoms with Gasteiger partial charge in [-0.05, 0) is 38.7 Å². The number of hydrogen-bond acceptors (Lipinski definition) is 6. The first-order valence-corrected chi connectivity index (χ1v) is 9.93. The van der Waals surface area contributed by atoms with E-state index in [2.05, 4.69) is 4.99 Å². The Morgan fingerprint density at radius 1 is 1.14 bits per heavy atom. The number of carbonyl (C=O) groups is 3. The number of benzene rings is 1. The summed E-state index contributed by atoms with van der Waals surface area (Å²) >= 11 is 0. The number of Topliss-reactive ketones (excluding diaryl/α,β-unsaturated/α-hetero) is 1. The normalized spacial score (nSPS) is 26.5. The van der Waals surface area contributed by atoms with Gasteiger partial charge in [0.15, 0.2) is 5.78 Å². The minimum Gasteiger partial charge on any atom is -0.468 e. The van der Waals surface area contributed by atoms with Gasteiger partial charge in [0.1, 0.15) is 5.92 Å². The van der Waals surface area contributed by atoms with E-state index in [1.165, 1.54) is 7.11 Å². The zero-order valence-electron chi connectivity index (χ0n) is 17.5. The lowest BCUT2D eigenvalue weighted by molar-refractivity contribution is -0.152. The minimum atomic E-state index is -0.862. The van der Waals surface area contributed by atoms with Crippen molar-refractivity contribution in [3.63, 3.8) is 0 Å². The predicted octanol–water partition coefficient (Wildman–Crippen LogP) is 3.38. The van der Waals surface area contributed by atoms with Crippen LogP contribution in [0, 0.1) is 24.7 Å². The second-order valence-corrected chi connectivity index (χ2v) is 7.77. The molecular weight excluding hydrogens is 370 g/mol. The van der Waals surface area contributed by atoms with Crippen LogP contribution < -0.4 is 0 Å². The van der Waals surface area contributed by atoms with Gasteiger partial charge in [-0.2, -0.15) is 0 Å². The second-order valence-electron chi connectivity index (χ2n) is 7.77. The fourth-order valence-corrected chi connectivity index (χ4v) is 4.44. The van der Waals surface area contributed by atoms with Crippen molar-refractivity contribution >= 4 is 23.4 Å². The van der Waals surface area contributed by atoms with Crippen LogP contribution in [0.15, 0.2) is 40.5 Å². The molecule has 1 aliphatic heterocycles. The molecule has 154 valence electrons. The highest BCUT2D eigenvalue weighted by atomic mass is 16.5. The Hall–Kier alpha value is -2.76. The maximum Gasteiger partial charge on any atom is 0.336 e. The number of esters is 2. The molecule has 1 aromatic carbocycles. The monoisotopic (exact) mass is 397 g/mol. The molecule has 0 saturated heterocycles. The summed E-state index contributed by atoms with van der Waals surface area (Å²) in [4.78, 5) is 43.3. The molecule has 3 rings (SSSR count). The summed E-state index contributed by atoms with van der Waals surface area (Å²) in [6.07, 6.45) is 0.506. The second kappa shape index (κ2) is 8.31. The molecule has 1 fully saturated rings. The van der Waals surface area contributed by atoms with Crippen LogP contribution in [0.5, 0.6) is 0 Å². The number of carbonyl (C=O) groups excluding carboxylic acids is 3. The van der Waals surface area contributed by atoms with Gasteiger partial charge in [0.2, 0.25) is 0 Å². The molecule has 1 heterocycles. The summed E-state index contributed by atoms with van der Waals surface area (Å²) in [6.45, 7) is 7.59. The standard InChI is InChI=1S/C23H27NO5/c1-6-29-23(27)18-14(4)24-16-11-13(3)17(22(26)28-5)21(25)20(16)19(18)15-9-7-12(2)8-10-15/h7-10,13,17,19-20H,6,11H2,1-5H3/t13-,17+,19+,20+/m1/s1. The molecule has 6 nitrogen and oxygen atoms in total. The van der Waals surface area contributed by atoms with Gasteiger partial charge in [0.05, 0.1) is 25.2 Å². The Labute approximate surface area is 171 Å². The summed E-state index contributed by atoms with van der Waals surface area (Å²) in [5.41, 5.74) is 3.58. The first kappa shape index (κ1) is 21.0. The van der Waals surface area contributed by atoms with Crippen LogP contribution in [0.2, 0.25) is 0 Å². The number of aliphatic imine (C=N–C) groups is 1. The fourth-order valence-electron chi connectivity index (χ4n) is 4.44. The van der Waals surface area contributed by atoms with E-state index >= 15 is 0 Å². The number of nitrogens with zero attached hydrogens (tertiary/aromatic N) is 1. The highest BCUT2D eigenvalue weighted by molar-refractivity contribution is 6.17. The van der Waals surface area contributed by atoms with Crippen molar-refractivity contribution in [1.29, 1.82) is 0 Å². The van der Waals surface area contributed by atoms with Crippen molar-refractivity contribution in [3.05, 3.63) is 46.7 Å². The average molecular weight is 397 g/mol. The summed E-state index contributed by atoms with van der Waals surface area (Å²) < 4.78 is 10.2. The zero-order valence-corrected chi connectivity index (χ0v) is 17.5. The van der Waals surface area contributed by atoms with Gasteiger partial charge in [0, 0.05) is 17.3 Å². The SMILES string of the molecule is CCOC(=O)C1=C(C)N=C2C[C@@H](C)[C@H](C(=O)OC)C(=O)[C@@H]2[C@H]1c1ccc(C)cc1. The minimum absolute atomic E-state index is 0.208. The molecule has 29 heavy (non-hydrogen) atoms. The Bertz CT molecular complexity index is 896. The number of fused-ring (bicyclic) bond motifs is 1. The molecule has 0 spiro atoms. The number of allylic oxidation sites excluding steroid dienone is 1. The maximum atomic E-state index is 13.5. The van der Waals surface area contributed by atoms with Crippen molar-refractivity contribution < 1.29 is 23.9 Å². The smallest absolute Gasteiger partial charge is 0.336 e. The highest BCUT2D eigenvalue weighted by Gasteiger charge is 2.51. The first-order chi connectivity index (χ1) is 13.8. The third-order valence-corrected chi connectivity index (χ3v) is 5.80. The number of ketones is 1. The third-order valence-electron chi connectivity index (χ3n) is 5.80. The molecule has 4 atom stereocenters. The van der Waals surface area contributed by atoms with E-state index in [0.29, 0.717) is 17.7 Å². The van der Waals surface area contributed by atoms with Crippen LogP contribution >= 0.6 is 0 Å². The van der Waals surface area contributed by atoms with E-state index in [1.807, 2.05) is 38.1 Å². The van der Waals surface area contributed by atoms with Gasteiger partial charge < -0.3 is 9.47 Å². The highest BCUT2D eigenvalue weighted by Crippen LogP contribution is 2.45. The Kier molecular flexibility index (Phi) is 6.01.